The van der Waals surface area contributed by atoms with Crippen LogP contribution in [0, 0.1) is 0 Å². The van der Waals surface area contributed by atoms with Crippen molar-refractivity contribution >= 4 is 28.6 Å². The SMILES string of the molecule is Clc1ccccc1Cn1nnc2c(N(Cc3ccccc3)Cc3ccccc3)ncnc21. The van der Waals surface area contributed by atoms with Gasteiger partial charge in [0.2, 0.25) is 0 Å². The summed E-state index contributed by atoms with van der Waals surface area (Å²) in [4.78, 5) is 11.3. The average Bonchev–Trinajstić information content (AvgIpc) is 3.24. The van der Waals surface area contributed by atoms with Gasteiger partial charge in [0.15, 0.2) is 17.0 Å². The Morgan fingerprint density at radius 1 is 0.750 bits per heavy atom. The van der Waals surface area contributed by atoms with E-state index in [1.807, 2.05) is 60.7 Å². The molecule has 0 unspecified atom stereocenters. The number of anilines is 1. The highest BCUT2D eigenvalue weighted by atomic mass is 35.5. The van der Waals surface area contributed by atoms with Gasteiger partial charge in [0.1, 0.15) is 6.33 Å². The quantitative estimate of drug-likeness (QED) is 0.351. The molecule has 5 aromatic rings. The first kappa shape index (κ1) is 20.2. The molecule has 2 aromatic heterocycles. The van der Waals surface area contributed by atoms with Crippen LogP contribution in [-0.4, -0.2) is 25.0 Å². The van der Waals surface area contributed by atoms with Gasteiger partial charge in [-0.25, -0.2) is 14.6 Å². The van der Waals surface area contributed by atoms with Crippen molar-refractivity contribution in [2.24, 2.45) is 0 Å². The molecule has 0 saturated carbocycles. The van der Waals surface area contributed by atoms with Gasteiger partial charge < -0.3 is 4.90 Å². The van der Waals surface area contributed by atoms with Gasteiger partial charge in [0.25, 0.3) is 0 Å². The molecule has 7 heteroatoms. The van der Waals surface area contributed by atoms with E-state index in [-0.39, 0.29) is 0 Å². The van der Waals surface area contributed by atoms with Crippen molar-refractivity contribution in [3.05, 3.63) is 113 Å². The fraction of sp³-hybridized carbons (Fsp3) is 0.120. The lowest BCUT2D eigenvalue weighted by atomic mass is 10.1. The van der Waals surface area contributed by atoms with Crippen LogP contribution in [0.4, 0.5) is 5.82 Å². The van der Waals surface area contributed by atoms with Crippen LogP contribution in [0.3, 0.4) is 0 Å². The second-order valence-corrected chi connectivity index (χ2v) is 7.94. The first-order valence-electron chi connectivity index (χ1n) is 10.4. The van der Waals surface area contributed by atoms with Gasteiger partial charge in [-0.3, -0.25) is 0 Å². The van der Waals surface area contributed by atoms with E-state index in [4.69, 9.17) is 11.6 Å². The first-order chi connectivity index (χ1) is 15.8. The number of benzene rings is 3. The third kappa shape index (κ3) is 4.31. The van der Waals surface area contributed by atoms with E-state index in [2.05, 4.69) is 49.4 Å². The summed E-state index contributed by atoms with van der Waals surface area (Å²) in [5.41, 5.74) is 4.70. The summed E-state index contributed by atoms with van der Waals surface area (Å²) in [6.07, 6.45) is 1.58. The molecule has 0 aliphatic heterocycles. The maximum atomic E-state index is 6.35. The summed E-state index contributed by atoms with van der Waals surface area (Å²) in [6, 6.07) is 28.4. The van der Waals surface area contributed by atoms with Crippen LogP contribution < -0.4 is 4.90 Å². The monoisotopic (exact) mass is 440 g/mol. The zero-order valence-electron chi connectivity index (χ0n) is 17.3. The number of aromatic nitrogens is 5. The Bertz CT molecular complexity index is 1280. The van der Waals surface area contributed by atoms with Gasteiger partial charge >= 0.3 is 0 Å². The zero-order chi connectivity index (χ0) is 21.8. The van der Waals surface area contributed by atoms with Crippen LogP contribution in [0.5, 0.6) is 0 Å². The molecule has 2 heterocycles. The van der Waals surface area contributed by atoms with Crippen molar-refractivity contribution in [2.75, 3.05) is 4.90 Å². The molecule has 0 radical (unpaired) electrons. The lowest BCUT2D eigenvalue weighted by molar-refractivity contribution is 0.664. The fourth-order valence-electron chi connectivity index (χ4n) is 3.72. The largest absolute Gasteiger partial charge is 0.346 e. The van der Waals surface area contributed by atoms with Crippen molar-refractivity contribution in [3.63, 3.8) is 0 Å². The lowest BCUT2D eigenvalue weighted by Gasteiger charge is -2.24. The van der Waals surface area contributed by atoms with Crippen LogP contribution in [-0.2, 0) is 19.6 Å². The van der Waals surface area contributed by atoms with Gasteiger partial charge in [0.05, 0.1) is 6.54 Å². The molecule has 3 aromatic carbocycles. The summed E-state index contributed by atoms with van der Waals surface area (Å²) in [7, 11) is 0. The molecule has 32 heavy (non-hydrogen) atoms. The van der Waals surface area contributed by atoms with Gasteiger partial charge in [-0.2, -0.15) is 0 Å². The highest BCUT2D eigenvalue weighted by Crippen LogP contribution is 2.25. The smallest absolute Gasteiger partial charge is 0.184 e. The molecule has 158 valence electrons. The summed E-state index contributed by atoms with van der Waals surface area (Å²) >= 11 is 6.35. The van der Waals surface area contributed by atoms with Crippen LogP contribution in [0.2, 0.25) is 5.02 Å². The van der Waals surface area contributed by atoms with E-state index in [0.29, 0.717) is 35.8 Å². The molecule has 5 rings (SSSR count). The summed E-state index contributed by atoms with van der Waals surface area (Å²) in [5.74, 6) is 0.758. The Labute approximate surface area is 191 Å². The number of hydrogen-bond acceptors (Lipinski definition) is 5. The van der Waals surface area contributed by atoms with Crippen molar-refractivity contribution in [2.45, 2.75) is 19.6 Å². The van der Waals surface area contributed by atoms with Crippen molar-refractivity contribution in [1.29, 1.82) is 0 Å². The molecule has 0 aliphatic rings. The van der Waals surface area contributed by atoms with Gasteiger partial charge in [0, 0.05) is 18.1 Å². The normalized spacial score (nSPS) is 11.0. The van der Waals surface area contributed by atoms with E-state index in [0.717, 1.165) is 11.4 Å². The maximum Gasteiger partial charge on any atom is 0.184 e. The van der Waals surface area contributed by atoms with E-state index in [1.54, 1.807) is 11.0 Å². The van der Waals surface area contributed by atoms with Crippen molar-refractivity contribution in [3.8, 4) is 0 Å². The van der Waals surface area contributed by atoms with E-state index >= 15 is 0 Å². The number of halogens is 1. The number of nitrogens with zero attached hydrogens (tertiary/aromatic N) is 6. The van der Waals surface area contributed by atoms with Crippen LogP contribution in [0.15, 0.2) is 91.3 Å². The Kier molecular flexibility index (Phi) is 5.77. The van der Waals surface area contributed by atoms with Gasteiger partial charge in [-0.15, -0.1) is 5.10 Å². The van der Waals surface area contributed by atoms with Crippen LogP contribution >= 0.6 is 11.6 Å². The van der Waals surface area contributed by atoms with Crippen LogP contribution in [0.25, 0.3) is 11.2 Å². The van der Waals surface area contributed by atoms with E-state index in [1.165, 1.54) is 11.1 Å². The molecule has 0 saturated heterocycles. The Morgan fingerprint density at radius 2 is 1.38 bits per heavy atom. The van der Waals surface area contributed by atoms with Crippen molar-refractivity contribution < 1.29 is 0 Å². The highest BCUT2D eigenvalue weighted by molar-refractivity contribution is 6.31. The Hall–Kier alpha value is -3.77. The minimum atomic E-state index is 0.490. The fourth-order valence-corrected chi connectivity index (χ4v) is 3.91. The molecule has 0 atom stereocenters. The minimum Gasteiger partial charge on any atom is -0.346 e. The summed E-state index contributed by atoms with van der Waals surface area (Å²) in [6.45, 7) is 1.88. The third-order valence-corrected chi connectivity index (χ3v) is 5.66. The summed E-state index contributed by atoms with van der Waals surface area (Å²) in [5, 5.41) is 9.51. The molecular formula is C25H21ClN6. The molecule has 0 N–H and O–H groups in total. The molecule has 0 bridgehead atoms. The number of hydrogen-bond donors (Lipinski definition) is 0. The average molecular weight is 441 g/mol. The molecule has 0 fully saturated rings. The molecule has 0 amide bonds. The first-order valence-corrected chi connectivity index (χ1v) is 10.8. The standard InChI is InChI=1S/C25H21ClN6/c26-22-14-8-7-13-21(22)17-32-25-23(29-30-32)24(27-18-28-25)31(15-19-9-3-1-4-10-19)16-20-11-5-2-6-12-20/h1-14,18H,15-17H2. The third-order valence-electron chi connectivity index (χ3n) is 5.29. The topological polar surface area (TPSA) is 59.7 Å². The Balaban J connectivity index is 1.53. The molecule has 0 spiro atoms. The van der Waals surface area contributed by atoms with Crippen LogP contribution in [0.1, 0.15) is 16.7 Å². The van der Waals surface area contributed by atoms with Gasteiger partial charge in [-0.05, 0) is 22.8 Å². The second kappa shape index (κ2) is 9.16. The van der Waals surface area contributed by atoms with Gasteiger partial charge in [-0.1, -0.05) is 95.7 Å². The number of fused-ring (bicyclic) bond motifs is 1. The second-order valence-electron chi connectivity index (χ2n) is 7.54. The van der Waals surface area contributed by atoms with E-state index in [9.17, 15) is 0 Å². The molecular weight excluding hydrogens is 420 g/mol. The Morgan fingerprint density at radius 3 is 2.03 bits per heavy atom. The molecule has 0 aliphatic carbocycles. The van der Waals surface area contributed by atoms with Crippen molar-refractivity contribution in [1.82, 2.24) is 25.0 Å². The van der Waals surface area contributed by atoms with E-state index < -0.39 is 0 Å². The predicted octanol–water partition coefficient (Wildman–Crippen LogP) is 5.13. The molecule has 6 nitrogen and oxygen atoms in total. The lowest BCUT2D eigenvalue weighted by Crippen LogP contribution is -2.23. The number of rotatable bonds is 7. The highest BCUT2D eigenvalue weighted by Gasteiger charge is 2.18. The minimum absolute atomic E-state index is 0.490. The maximum absolute atomic E-state index is 6.35. The zero-order valence-corrected chi connectivity index (χ0v) is 18.1. The predicted molar refractivity (Wildman–Crippen MR) is 126 cm³/mol. The summed E-state index contributed by atoms with van der Waals surface area (Å²) < 4.78 is 1.77.